The van der Waals surface area contributed by atoms with Crippen LogP contribution in [0.3, 0.4) is 0 Å². The summed E-state index contributed by atoms with van der Waals surface area (Å²) in [5, 5.41) is 2.34. The van der Waals surface area contributed by atoms with Crippen LogP contribution in [0.2, 0.25) is 0 Å². The first-order valence-corrected chi connectivity index (χ1v) is 20.4. The fourth-order valence-electron chi connectivity index (χ4n) is 8.64. The number of anilines is 3. The van der Waals surface area contributed by atoms with E-state index in [2.05, 4.69) is 204 Å². The van der Waals surface area contributed by atoms with Crippen LogP contribution in [0.5, 0.6) is 11.5 Å². The molecule has 0 N–H and O–H groups in total. The van der Waals surface area contributed by atoms with E-state index < -0.39 is 0 Å². The Hall–Kier alpha value is -6.33. The predicted octanol–water partition coefficient (Wildman–Crippen LogP) is 14.1. The lowest BCUT2D eigenvalue weighted by atomic mass is 9.83. The van der Waals surface area contributed by atoms with Crippen LogP contribution in [-0.2, 0) is 10.8 Å². The summed E-state index contributed by atoms with van der Waals surface area (Å²) < 4.78 is 8.96. The molecule has 0 bridgehead atoms. The van der Waals surface area contributed by atoms with Crippen LogP contribution >= 0.6 is 0 Å². The van der Waals surface area contributed by atoms with Crippen LogP contribution in [0.15, 0.2) is 140 Å². The Morgan fingerprint density at radius 3 is 1.98 bits per heavy atom. The van der Waals surface area contributed by atoms with E-state index in [-0.39, 0.29) is 10.8 Å². The first-order valence-electron chi connectivity index (χ1n) is 20.4. The van der Waals surface area contributed by atoms with Gasteiger partial charge in [-0.3, -0.25) is 4.57 Å². The van der Waals surface area contributed by atoms with Crippen molar-refractivity contribution in [2.45, 2.75) is 66.2 Å². The number of aryl methyl sites for hydroxylation is 2. The van der Waals surface area contributed by atoms with Gasteiger partial charge in [-0.2, -0.15) is 0 Å². The van der Waals surface area contributed by atoms with Gasteiger partial charge in [-0.1, -0.05) is 108 Å². The second kappa shape index (κ2) is 13.9. The molecule has 0 saturated carbocycles. The number of hydrogen-bond donors (Lipinski definition) is 0. The number of rotatable bonds is 6. The maximum Gasteiger partial charge on any atom is 0.138 e. The lowest BCUT2D eigenvalue weighted by Gasteiger charge is -2.22. The molecule has 0 saturated heterocycles. The van der Waals surface area contributed by atoms with Crippen molar-refractivity contribution in [3.8, 4) is 39.6 Å². The van der Waals surface area contributed by atoms with E-state index >= 15 is 0 Å². The van der Waals surface area contributed by atoms with Crippen LogP contribution in [0, 0.1) is 13.8 Å². The van der Waals surface area contributed by atoms with E-state index in [1.165, 1.54) is 55.7 Å². The Balaban J connectivity index is 1.04. The van der Waals surface area contributed by atoms with E-state index in [1.807, 2.05) is 12.3 Å². The number of benzene rings is 6. The number of aromatic nitrogens is 2. The summed E-state index contributed by atoms with van der Waals surface area (Å²) in [6, 6.07) is 48.2. The summed E-state index contributed by atoms with van der Waals surface area (Å²) in [7, 11) is 2.16. The molecule has 2 aromatic heterocycles. The quantitative estimate of drug-likeness (QED) is 0.169. The summed E-state index contributed by atoms with van der Waals surface area (Å²) in [4.78, 5) is 9.64. The minimum absolute atomic E-state index is 0.0858. The zero-order valence-electron chi connectivity index (χ0n) is 35.2. The number of hydrogen-bond acceptors (Lipinski definition) is 4. The Morgan fingerprint density at radius 1 is 0.552 bits per heavy atom. The van der Waals surface area contributed by atoms with Crippen LogP contribution in [0.4, 0.5) is 17.1 Å². The standard InChI is InChI=1S/C53H52N4O/c1-34-27-40(53(6,7)8)28-35(2)51(34)38-25-26-54-50(30-38)57-46-16-11-10-15-44(46)45-23-22-43(32-48(45)57)58-42-14-12-13-41(31-42)56-33-55(9)49-29-37(19-24-47(49)56)36-17-20-39(21-18-36)52(3,4)5/h10-32H,33H2,1-9H3. The Labute approximate surface area is 343 Å². The summed E-state index contributed by atoms with van der Waals surface area (Å²) in [6.45, 7) is 18.8. The third-order valence-corrected chi connectivity index (χ3v) is 11.8. The Kier molecular flexibility index (Phi) is 8.96. The molecule has 0 unspecified atom stereocenters. The summed E-state index contributed by atoms with van der Waals surface area (Å²) in [5.41, 5.74) is 16.0. The van der Waals surface area contributed by atoms with Crippen molar-refractivity contribution < 1.29 is 4.74 Å². The molecule has 58 heavy (non-hydrogen) atoms. The van der Waals surface area contributed by atoms with Crippen LogP contribution in [0.1, 0.15) is 63.8 Å². The molecule has 8 aromatic rings. The maximum absolute atomic E-state index is 6.69. The van der Waals surface area contributed by atoms with Gasteiger partial charge < -0.3 is 14.5 Å². The van der Waals surface area contributed by atoms with E-state index in [1.54, 1.807) is 0 Å². The summed E-state index contributed by atoms with van der Waals surface area (Å²) >= 11 is 0. The smallest absolute Gasteiger partial charge is 0.138 e. The molecule has 0 spiro atoms. The molecule has 5 heteroatoms. The first kappa shape index (κ1) is 37.3. The second-order valence-corrected chi connectivity index (χ2v) is 18.1. The topological polar surface area (TPSA) is 33.5 Å². The third kappa shape index (κ3) is 6.68. The fourth-order valence-corrected chi connectivity index (χ4v) is 8.64. The van der Waals surface area contributed by atoms with E-state index in [9.17, 15) is 0 Å². The van der Waals surface area contributed by atoms with Gasteiger partial charge in [0.2, 0.25) is 0 Å². The van der Waals surface area contributed by atoms with Gasteiger partial charge in [0.15, 0.2) is 0 Å². The first-order chi connectivity index (χ1) is 27.7. The zero-order chi connectivity index (χ0) is 40.5. The average Bonchev–Trinajstić information content (AvgIpc) is 3.71. The molecule has 9 rings (SSSR count). The molecule has 0 radical (unpaired) electrons. The number of pyridine rings is 1. The fraction of sp³-hybridized carbons (Fsp3) is 0.226. The van der Waals surface area contributed by atoms with Crippen LogP contribution in [0.25, 0.3) is 49.9 Å². The molecule has 1 aliphatic heterocycles. The van der Waals surface area contributed by atoms with Crippen molar-refractivity contribution in [1.82, 2.24) is 9.55 Å². The van der Waals surface area contributed by atoms with Crippen molar-refractivity contribution in [1.29, 1.82) is 0 Å². The molecular weight excluding hydrogens is 709 g/mol. The van der Waals surface area contributed by atoms with Gasteiger partial charge in [0.25, 0.3) is 0 Å². The zero-order valence-corrected chi connectivity index (χ0v) is 35.2. The highest BCUT2D eigenvalue weighted by Crippen LogP contribution is 2.44. The SMILES string of the molecule is Cc1cc(C(C)(C)C)cc(C)c1-c1ccnc(-n2c3ccccc3c3ccc(Oc4cccc(N5CN(C)c6cc(-c7ccc(C(C)(C)C)cc7)ccc65)c4)cc32)c1. The van der Waals surface area contributed by atoms with Crippen molar-refractivity contribution in [2.24, 2.45) is 0 Å². The molecule has 0 atom stereocenters. The largest absolute Gasteiger partial charge is 0.457 e. The molecule has 0 aliphatic carbocycles. The van der Waals surface area contributed by atoms with Crippen molar-refractivity contribution in [2.75, 3.05) is 23.5 Å². The second-order valence-electron chi connectivity index (χ2n) is 18.1. The molecule has 3 heterocycles. The molecule has 1 aliphatic rings. The number of para-hydroxylation sites is 1. The van der Waals surface area contributed by atoms with E-state index in [0.717, 1.165) is 51.7 Å². The number of fused-ring (bicyclic) bond motifs is 4. The Bertz CT molecular complexity index is 2830. The maximum atomic E-state index is 6.69. The van der Waals surface area contributed by atoms with Gasteiger partial charge in [0.1, 0.15) is 17.3 Å². The van der Waals surface area contributed by atoms with Gasteiger partial charge in [-0.15, -0.1) is 0 Å². The van der Waals surface area contributed by atoms with Crippen molar-refractivity contribution in [3.05, 3.63) is 162 Å². The van der Waals surface area contributed by atoms with Crippen LogP contribution in [-0.4, -0.2) is 23.3 Å². The van der Waals surface area contributed by atoms with Crippen LogP contribution < -0.4 is 14.5 Å². The highest BCUT2D eigenvalue weighted by atomic mass is 16.5. The molecule has 0 amide bonds. The minimum Gasteiger partial charge on any atom is -0.457 e. The average molecular weight is 761 g/mol. The Morgan fingerprint density at radius 2 is 1.24 bits per heavy atom. The molecular formula is C53H52N4O. The van der Waals surface area contributed by atoms with E-state index in [0.29, 0.717) is 0 Å². The van der Waals surface area contributed by atoms with Gasteiger partial charge in [0, 0.05) is 41.8 Å². The normalized spacial score (nSPS) is 13.1. The van der Waals surface area contributed by atoms with E-state index in [4.69, 9.17) is 9.72 Å². The summed E-state index contributed by atoms with van der Waals surface area (Å²) in [5.74, 6) is 2.44. The number of nitrogens with zero attached hydrogens (tertiary/aromatic N) is 4. The van der Waals surface area contributed by atoms with Crippen molar-refractivity contribution in [3.63, 3.8) is 0 Å². The van der Waals surface area contributed by atoms with Crippen molar-refractivity contribution >= 4 is 38.9 Å². The molecule has 290 valence electrons. The van der Waals surface area contributed by atoms with Gasteiger partial charge >= 0.3 is 0 Å². The highest BCUT2D eigenvalue weighted by Gasteiger charge is 2.26. The van der Waals surface area contributed by atoms with Gasteiger partial charge in [-0.05, 0) is 124 Å². The third-order valence-electron chi connectivity index (χ3n) is 11.8. The summed E-state index contributed by atoms with van der Waals surface area (Å²) in [6.07, 6.45) is 1.94. The number of ether oxygens (including phenoxy) is 1. The molecule has 6 aromatic carbocycles. The lowest BCUT2D eigenvalue weighted by molar-refractivity contribution is 0.483. The minimum atomic E-state index is 0.0858. The predicted molar refractivity (Wildman–Crippen MR) is 245 cm³/mol. The van der Waals surface area contributed by atoms with Gasteiger partial charge in [0.05, 0.1) is 29.1 Å². The monoisotopic (exact) mass is 760 g/mol. The lowest BCUT2D eigenvalue weighted by Crippen LogP contribution is -2.23. The molecule has 5 nitrogen and oxygen atoms in total. The molecule has 0 fully saturated rings. The highest BCUT2D eigenvalue weighted by molar-refractivity contribution is 6.09. The van der Waals surface area contributed by atoms with Gasteiger partial charge in [-0.25, -0.2) is 4.98 Å².